The van der Waals surface area contributed by atoms with E-state index >= 15 is 0 Å². The molecule has 0 aromatic carbocycles. The monoisotopic (exact) mass is 236 g/mol. The summed E-state index contributed by atoms with van der Waals surface area (Å²) >= 11 is 5.14. The summed E-state index contributed by atoms with van der Waals surface area (Å²) in [5.41, 5.74) is 0.723. The van der Waals surface area contributed by atoms with E-state index < -0.39 is 0 Å². The van der Waals surface area contributed by atoms with Crippen LogP contribution in [0.3, 0.4) is 0 Å². The Morgan fingerprint density at radius 1 is 1.50 bits per heavy atom. The summed E-state index contributed by atoms with van der Waals surface area (Å²) in [4.78, 5) is 13.6. The van der Waals surface area contributed by atoms with Gasteiger partial charge in [-0.2, -0.15) is 5.10 Å². The van der Waals surface area contributed by atoms with Crippen LogP contribution in [0.25, 0.3) is 11.4 Å². The molecule has 2 rings (SSSR count). The molecule has 2 heterocycles. The number of hydrogen-bond donors (Lipinski definition) is 2. The van der Waals surface area contributed by atoms with Crippen LogP contribution in [0.1, 0.15) is 13.3 Å². The zero-order valence-electron chi connectivity index (χ0n) is 8.86. The molecule has 0 radical (unpaired) electrons. The largest absolute Gasteiger partial charge is 0.328 e. The first-order valence-electron chi connectivity index (χ1n) is 5.06. The van der Waals surface area contributed by atoms with Gasteiger partial charge in [0.05, 0.1) is 0 Å². The van der Waals surface area contributed by atoms with Crippen LogP contribution in [0, 0.1) is 4.77 Å². The Kier molecular flexibility index (Phi) is 3.00. The molecule has 0 saturated heterocycles. The van der Waals surface area contributed by atoms with E-state index in [4.69, 9.17) is 12.2 Å². The Morgan fingerprint density at radius 2 is 2.31 bits per heavy atom. The number of aromatic nitrogens is 4. The molecule has 2 aromatic rings. The van der Waals surface area contributed by atoms with Crippen LogP contribution in [0.5, 0.6) is 0 Å². The Bertz CT molecular complexity index is 575. The lowest BCUT2D eigenvalue weighted by Gasteiger charge is -2.03. The summed E-state index contributed by atoms with van der Waals surface area (Å²) in [5.74, 6) is 0.753. The fraction of sp³-hybridized carbons (Fsp3) is 0.300. The first-order chi connectivity index (χ1) is 7.72. The van der Waals surface area contributed by atoms with Crippen molar-refractivity contribution in [2.75, 3.05) is 0 Å². The fourth-order valence-corrected chi connectivity index (χ4v) is 1.74. The van der Waals surface area contributed by atoms with Crippen molar-refractivity contribution >= 4 is 12.2 Å². The molecule has 0 fully saturated rings. The Labute approximate surface area is 97.2 Å². The van der Waals surface area contributed by atoms with Gasteiger partial charge in [0.1, 0.15) is 0 Å². The second kappa shape index (κ2) is 4.44. The molecule has 84 valence electrons. The van der Waals surface area contributed by atoms with Crippen molar-refractivity contribution < 1.29 is 0 Å². The summed E-state index contributed by atoms with van der Waals surface area (Å²) in [6, 6.07) is 3.21. The average molecular weight is 236 g/mol. The Hall–Kier alpha value is -1.69. The minimum absolute atomic E-state index is 0.125. The number of aromatic amines is 2. The van der Waals surface area contributed by atoms with Crippen molar-refractivity contribution in [3.63, 3.8) is 0 Å². The van der Waals surface area contributed by atoms with Crippen molar-refractivity contribution in [3.05, 3.63) is 33.5 Å². The molecule has 5 nitrogen and oxygen atoms in total. The molecule has 0 spiro atoms. The third kappa shape index (κ3) is 1.96. The van der Waals surface area contributed by atoms with Crippen molar-refractivity contribution in [3.8, 4) is 11.4 Å². The summed E-state index contributed by atoms with van der Waals surface area (Å²) < 4.78 is 2.52. The van der Waals surface area contributed by atoms with Gasteiger partial charge in [-0.25, -0.2) is 0 Å². The summed E-state index contributed by atoms with van der Waals surface area (Å²) in [7, 11) is 0. The van der Waals surface area contributed by atoms with E-state index in [-0.39, 0.29) is 5.56 Å². The van der Waals surface area contributed by atoms with Crippen molar-refractivity contribution in [1.29, 1.82) is 0 Å². The van der Waals surface area contributed by atoms with E-state index in [1.165, 1.54) is 6.07 Å². The summed E-state index contributed by atoms with van der Waals surface area (Å²) in [6.45, 7) is 2.88. The van der Waals surface area contributed by atoms with Gasteiger partial charge < -0.3 is 9.55 Å². The number of H-pyrrole nitrogens is 2. The molecule has 0 amide bonds. The van der Waals surface area contributed by atoms with Gasteiger partial charge in [-0.05, 0) is 24.7 Å². The van der Waals surface area contributed by atoms with Gasteiger partial charge in [0, 0.05) is 24.4 Å². The van der Waals surface area contributed by atoms with E-state index in [0.29, 0.717) is 4.77 Å². The smallest absolute Gasteiger partial charge is 0.247 e. The molecule has 0 bridgehead atoms. The Balaban J connectivity index is 2.51. The number of rotatable bonds is 3. The van der Waals surface area contributed by atoms with E-state index in [0.717, 1.165) is 24.4 Å². The van der Waals surface area contributed by atoms with E-state index in [9.17, 15) is 4.79 Å². The lowest BCUT2D eigenvalue weighted by molar-refractivity contribution is 0.674. The third-order valence-electron chi connectivity index (χ3n) is 2.25. The summed E-state index contributed by atoms with van der Waals surface area (Å²) in [6.07, 6.45) is 2.61. The molecule has 0 atom stereocenters. The molecule has 6 heteroatoms. The molecule has 0 aliphatic carbocycles. The highest BCUT2D eigenvalue weighted by Gasteiger charge is 2.07. The molecule has 16 heavy (non-hydrogen) atoms. The second-order valence-corrected chi connectivity index (χ2v) is 3.83. The molecule has 2 N–H and O–H groups in total. The van der Waals surface area contributed by atoms with Crippen LogP contribution in [-0.4, -0.2) is 19.7 Å². The van der Waals surface area contributed by atoms with Gasteiger partial charge in [-0.1, -0.05) is 6.92 Å². The van der Waals surface area contributed by atoms with Crippen molar-refractivity contribution in [1.82, 2.24) is 19.7 Å². The maximum atomic E-state index is 11.0. The van der Waals surface area contributed by atoms with Crippen LogP contribution >= 0.6 is 12.2 Å². The summed E-state index contributed by atoms with van der Waals surface area (Å²) in [5, 5.41) is 6.92. The minimum atomic E-state index is -0.125. The van der Waals surface area contributed by atoms with Gasteiger partial charge in [0.25, 0.3) is 0 Å². The first kappa shape index (κ1) is 10.8. The number of nitrogens with one attached hydrogen (secondary N) is 2. The maximum Gasteiger partial charge on any atom is 0.247 e. The molecule has 0 aliphatic heterocycles. The fourth-order valence-electron chi connectivity index (χ4n) is 1.52. The molecule has 0 saturated carbocycles. The number of pyridine rings is 1. The highest BCUT2D eigenvalue weighted by molar-refractivity contribution is 7.71. The zero-order valence-corrected chi connectivity index (χ0v) is 9.67. The predicted octanol–water partition coefficient (Wildman–Crippen LogP) is 1.71. The number of nitrogens with zero attached hydrogens (tertiary/aromatic N) is 2. The molecule has 0 unspecified atom stereocenters. The highest BCUT2D eigenvalue weighted by Crippen LogP contribution is 2.14. The molecular weight excluding hydrogens is 224 g/mol. The second-order valence-electron chi connectivity index (χ2n) is 3.45. The molecule has 2 aromatic heterocycles. The van der Waals surface area contributed by atoms with Crippen LogP contribution in [0.15, 0.2) is 23.1 Å². The standard InChI is InChI=1S/C10H12N4OS/c1-2-5-14-9(12-13-10(14)16)7-3-4-8(15)11-6-7/h3-4,6H,2,5H2,1H3,(H,11,15)(H,13,16). The Morgan fingerprint density at radius 3 is 2.94 bits per heavy atom. The van der Waals surface area contributed by atoms with Crippen LogP contribution in [0.4, 0.5) is 0 Å². The topological polar surface area (TPSA) is 66.5 Å². The lowest BCUT2D eigenvalue weighted by Crippen LogP contribution is -2.04. The van der Waals surface area contributed by atoms with Crippen molar-refractivity contribution in [2.24, 2.45) is 0 Å². The number of hydrogen-bond acceptors (Lipinski definition) is 3. The minimum Gasteiger partial charge on any atom is -0.328 e. The first-order valence-corrected chi connectivity index (χ1v) is 5.47. The van der Waals surface area contributed by atoms with Crippen LogP contribution < -0.4 is 5.56 Å². The average Bonchev–Trinajstić information content (AvgIpc) is 2.63. The van der Waals surface area contributed by atoms with Gasteiger partial charge in [-0.3, -0.25) is 9.89 Å². The van der Waals surface area contributed by atoms with Gasteiger partial charge in [-0.15, -0.1) is 0 Å². The van der Waals surface area contributed by atoms with Crippen molar-refractivity contribution in [2.45, 2.75) is 19.9 Å². The van der Waals surface area contributed by atoms with E-state index in [1.54, 1.807) is 12.3 Å². The molecular formula is C10H12N4OS. The van der Waals surface area contributed by atoms with Gasteiger partial charge in [0.2, 0.25) is 5.56 Å². The van der Waals surface area contributed by atoms with Crippen LogP contribution in [-0.2, 0) is 6.54 Å². The predicted molar refractivity (Wildman–Crippen MR) is 63.8 cm³/mol. The van der Waals surface area contributed by atoms with Gasteiger partial charge >= 0.3 is 0 Å². The SMILES string of the molecule is CCCn1c(-c2ccc(=O)[nH]c2)n[nH]c1=S. The van der Waals surface area contributed by atoms with Crippen LogP contribution in [0.2, 0.25) is 0 Å². The quantitative estimate of drug-likeness (QED) is 0.797. The maximum absolute atomic E-state index is 11.0. The van der Waals surface area contributed by atoms with E-state index in [2.05, 4.69) is 22.1 Å². The molecule has 0 aliphatic rings. The van der Waals surface area contributed by atoms with Gasteiger partial charge in [0.15, 0.2) is 10.6 Å². The third-order valence-corrected chi connectivity index (χ3v) is 2.56. The van der Waals surface area contributed by atoms with E-state index in [1.807, 2.05) is 4.57 Å². The highest BCUT2D eigenvalue weighted by atomic mass is 32.1. The zero-order chi connectivity index (χ0) is 11.5. The lowest BCUT2D eigenvalue weighted by atomic mass is 10.2. The normalized spacial score (nSPS) is 10.6.